The summed E-state index contributed by atoms with van der Waals surface area (Å²) in [5.41, 5.74) is 0. The van der Waals surface area contributed by atoms with Gasteiger partial charge in [-0.25, -0.2) is 4.84 Å². The van der Waals surface area contributed by atoms with Gasteiger partial charge in [0.1, 0.15) is 0 Å². The van der Waals surface area contributed by atoms with E-state index in [2.05, 4.69) is 18.8 Å². The highest BCUT2D eigenvalue weighted by molar-refractivity contribution is 7.03. The molecule has 6 heavy (non-hydrogen) atoms. The van der Waals surface area contributed by atoms with E-state index < -0.39 is 0 Å². The van der Waals surface area contributed by atoms with Crippen LogP contribution in [0.5, 0.6) is 0 Å². The summed E-state index contributed by atoms with van der Waals surface area (Å²) in [6.07, 6.45) is 1.01. The molecular formula is C3H8NOP. The molecule has 0 saturated carbocycles. The van der Waals surface area contributed by atoms with E-state index in [-0.39, 0.29) is 0 Å². The first kappa shape index (κ1) is 6.06. The van der Waals surface area contributed by atoms with Crippen molar-refractivity contribution in [3.05, 3.63) is 0 Å². The highest BCUT2D eigenvalue weighted by atomic mass is 31.0. The average Bonchev–Trinajstić information content (AvgIpc) is 1.61. The lowest BCUT2D eigenvalue weighted by Gasteiger charge is -1.84. The molecule has 0 aromatic heterocycles. The molecule has 0 aliphatic rings. The van der Waals surface area contributed by atoms with Gasteiger partial charge in [0.05, 0.1) is 6.61 Å². The predicted molar refractivity (Wildman–Crippen MR) is 27.0 cm³/mol. The van der Waals surface area contributed by atoms with Gasteiger partial charge in [-0.3, -0.25) is 0 Å². The van der Waals surface area contributed by atoms with Crippen LogP contribution in [0.2, 0.25) is 0 Å². The molecule has 0 saturated heterocycles. The summed E-state index contributed by atoms with van der Waals surface area (Å²) in [4.78, 5) is 7.75. The van der Waals surface area contributed by atoms with Gasteiger partial charge < -0.3 is 0 Å². The molecule has 36 valence electrons. The summed E-state index contributed by atoms with van der Waals surface area (Å²) in [6, 6.07) is 0. The van der Waals surface area contributed by atoms with Crippen LogP contribution < -0.4 is 0 Å². The van der Waals surface area contributed by atoms with Crippen LogP contribution in [0, 0.1) is 0 Å². The fourth-order valence-corrected chi connectivity index (χ4v) is 0.228. The fraction of sp³-hybridized carbons (Fsp3) is 1.00. The predicted octanol–water partition coefficient (Wildman–Crippen LogP) is 1.65. The monoisotopic (exact) mass is 105 g/mol. The van der Waals surface area contributed by atoms with Gasteiger partial charge in [0, 0.05) is 9.03 Å². The molecule has 0 aromatic rings. The zero-order valence-corrected chi connectivity index (χ0v) is 4.77. The zero-order valence-electron chi connectivity index (χ0n) is 3.77. The first-order chi connectivity index (χ1) is 2.91. The van der Waals surface area contributed by atoms with E-state index in [1.54, 1.807) is 0 Å². The fourth-order valence-electron chi connectivity index (χ4n) is 0.137. The molecule has 0 bridgehead atoms. The Morgan fingerprint density at radius 3 is 2.67 bits per heavy atom. The summed E-state index contributed by atoms with van der Waals surface area (Å²) < 4.78 is 0. The van der Waals surface area contributed by atoms with Crippen LogP contribution in [0.25, 0.3) is 0 Å². The molecule has 0 amide bonds. The van der Waals surface area contributed by atoms with E-state index in [0.29, 0.717) is 6.61 Å². The smallest absolute Gasteiger partial charge is 0.0772 e. The van der Waals surface area contributed by atoms with Gasteiger partial charge in [0.25, 0.3) is 0 Å². The number of hydrogen-bond acceptors (Lipinski definition) is 2. The Bertz CT molecular complexity index is 39.8. The van der Waals surface area contributed by atoms with Crippen LogP contribution in [0.15, 0.2) is 4.91 Å². The maximum Gasteiger partial charge on any atom is 0.0772 e. The summed E-state index contributed by atoms with van der Waals surface area (Å²) >= 11 is 0. The average molecular weight is 105 g/mol. The maximum absolute atomic E-state index is 4.52. The minimum Gasteiger partial charge on any atom is -0.249 e. The first-order valence-electron chi connectivity index (χ1n) is 1.90. The summed E-state index contributed by atoms with van der Waals surface area (Å²) in [5, 5.41) is 0. The topological polar surface area (TPSA) is 21.6 Å². The molecule has 0 atom stereocenters. The molecule has 0 rings (SSSR count). The van der Waals surface area contributed by atoms with Crippen molar-refractivity contribution in [2.24, 2.45) is 4.91 Å². The van der Waals surface area contributed by atoms with Gasteiger partial charge in [-0.1, -0.05) is 6.92 Å². The quantitative estimate of drug-likeness (QED) is 0.304. The molecule has 2 nitrogen and oxygen atoms in total. The van der Waals surface area contributed by atoms with E-state index in [4.69, 9.17) is 0 Å². The van der Waals surface area contributed by atoms with Gasteiger partial charge in [0.2, 0.25) is 0 Å². The second-order valence-electron chi connectivity index (χ2n) is 0.925. The van der Waals surface area contributed by atoms with E-state index in [1.165, 1.54) is 0 Å². The largest absolute Gasteiger partial charge is 0.249 e. The van der Waals surface area contributed by atoms with Gasteiger partial charge in [-0.2, -0.15) is 0 Å². The highest BCUT2D eigenvalue weighted by Crippen LogP contribution is 1.80. The Balaban J connectivity index is 2.49. The summed E-state index contributed by atoms with van der Waals surface area (Å²) in [5.74, 6) is 0. The first-order valence-corrected chi connectivity index (χ1v) is 2.35. The molecule has 0 heterocycles. The van der Waals surface area contributed by atoms with Gasteiger partial charge >= 0.3 is 0 Å². The van der Waals surface area contributed by atoms with Crippen LogP contribution in [0.3, 0.4) is 0 Å². The normalized spacial score (nSPS) is 8.17. The molecule has 0 aliphatic heterocycles. The second kappa shape index (κ2) is 5.06. The Hall–Kier alpha value is 0.0600. The van der Waals surface area contributed by atoms with Crippen molar-refractivity contribution in [1.82, 2.24) is 0 Å². The standard InChI is InChI=1S/C3H8NOP/c1-2-3-5-4-6/h6H,2-3H2,1H3. The Labute approximate surface area is 39.8 Å². The van der Waals surface area contributed by atoms with E-state index in [1.807, 2.05) is 6.92 Å². The van der Waals surface area contributed by atoms with Crippen molar-refractivity contribution in [2.45, 2.75) is 13.3 Å². The van der Waals surface area contributed by atoms with E-state index in [9.17, 15) is 0 Å². The van der Waals surface area contributed by atoms with E-state index >= 15 is 0 Å². The molecule has 0 aliphatic carbocycles. The summed E-state index contributed by atoms with van der Waals surface area (Å²) in [6.45, 7) is 2.72. The molecular weight excluding hydrogens is 97.0 g/mol. The number of hydrogen-bond donors (Lipinski definition) is 0. The van der Waals surface area contributed by atoms with Crippen LogP contribution >= 0.6 is 9.03 Å². The van der Waals surface area contributed by atoms with Crippen molar-refractivity contribution in [1.29, 1.82) is 0 Å². The lowest BCUT2D eigenvalue weighted by atomic mass is 10.5. The molecule has 0 unspecified atom stereocenters. The van der Waals surface area contributed by atoms with Gasteiger partial charge in [-0.05, 0) is 6.42 Å². The van der Waals surface area contributed by atoms with Crippen LogP contribution in [0.4, 0.5) is 0 Å². The minimum absolute atomic E-state index is 0.698. The third kappa shape index (κ3) is 4.06. The molecule has 3 heteroatoms. The molecule has 0 radical (unpaired) electrons. The van der Waals surface area contributed by atoms with Gasteiger partial charge in [0.15, 0.2) is 0 Å². The number of rotatable bonds is 3. The van der Waals surface area contributed by atoms with Crippen LogP contribution in [0.1, 0.15) is 13.3 Å². The molecule has 0 aromatic carbocycles. The van der Waals surface area contributed by atoms with Crippen molar-refractivity contribution in [3.8, 4) is 0 Å². The number of nitrogens with zero attached hydrogens (tertiary/aromatic N) is 1. The Morgan fingerprint density at radius 1 is 1.83 bits per heavy atom. The molecule has 0 N–H and O–H groups in total. The van der Waals surface area contributed by atoms with Crippen LogP contribution in [-0.2, 0) is 4.84 Å². The van der Waals surface area contributed by atoms with Crippen molar-refractivity contribution >= 4 is 9.03 Å². The SMILES string of the molecule is CCCON=P. The van der Waals surface area contributed by atoms with Crippen LogP contribution in [-0.4, -0.2) is 6.61 Å². The lowest BCUT2D eigenvalue weighted by molar-refractivity contribution is 0.152. The highest BCUT2D eigenvalue weighted by Gasteiger charge is 1.71. The van der Waals surface area contributed by atoms with Gasteiger partial charge in [-0.15, -0.1) is 4.91 Å². The Morgan fingerprint density at radius 2 is 2.50 bits per heavy atom. The third-order valence-corrected chi connectivity index (χ3v) is 0.489. The van der Waals surface area contributed by atoms with Crippen molar-refractivity contribution in [3.63, 3.8) is 0 Å². The molecule has 0 spiro atoms. The van der Waals surface area contributed by atoms with Crippen molar-refractivity contribution < 1.29 is 4.84 Å². The van der Waals surface area contributed by atoms with Crippen molar-refractivity contribution in [2.75, 3.05) is 6.61 Å². The molecule has 0 fully saturated rings. The summed E-state index contributed by atoms with van der Waals surface area (Å²) in [7, 11) is 2.79. The Kier molecular flexibility index (Phi) is 5.11. The lowest BCUT2D eigenvalue weighted by Crippen LogP contribution is -1.78. The van der Waals surface area contributed by atoms with E-state index in [0.717, 1.165) is 6.42 Å². The maximum atomic E-state index is 4.52. The zero-order chi connectivity index (χ0) is 4.83. The second-order valence-corrected chi connectivity index (χ2v) is 1.11. The third-order valence-electron chi connectivity index (χ3n) is 0.360. The minimum atomic E-state index is 0.698.